The molecule has 4 rings (SSSR count). The molecule has 0 spiro atoms. The minimum Gasteiger partial charge on any atom is -1.00 e. The Labute approximate surface area is 172 Å². The highest BCUT2D eigenvalue weighted by atomic mass is 35.5. The van der Waals surface area contributed by atoms with E-state index in [1.165, 1.54) is 0 Å². The molecule has 28 heavy (non-hydrogen) atoms. The molecule has 3 heteroatoms. The predicted octanol–water partition coefficient (Wildman–Crippen LogP) is 2.65. The van der Waals surface area contributed by atoms with Crippen LogP contribution in [0.1, 0.15) is 11.5 Å². The van der Waals surface area contributed by atoms with Crippen molar-refractivity contribution in [2.24, 2.45) is 0 Å². The van der Waals surface area contributed by atoms with Gasteiger partial charge in [0.2, 0.25) is 5.91 Å². The zero-order valence-electron chi connectivity index (χ0n) is 15.3. The maximum atomic E-state index is 16.6. The smallest absolute Gasteiger partial charge is 0.244 e. The lowest BCUT2D eigenvalue weighted by atomic mass is 10.2. The number of benzene rings is 4. The molecule has 4 aromatic rings. The summed E-state index contributed by atoms with van der Waals surface area (Å²) >= 11 is 0. The standard InChI is InChI=1S/C25H21FP.ClH/c26-25(21-13-5-1-6-14-21)27(22-15-7-2-8-16-22,23-17-9-3-10-18-23)24-19-11-4-12-20-24;/h1-20,25H;1H/q+1;/p-1. The molecule has 0 fully saturated rings. The van der Waals surface area contributed by atoms with Gasteiger partial charge in [0.1, 0.15) is 15.9 Å². The van der Waals surface area contributed by atoms with E-state index in [4.69, 9.17) is 0 Å². The zero-order valence-corrected chi connectivity index (χ0v) is 17.0. The monoisotopic (exact) mass is 406 g/mol. The quantitative estimate of drug-likeness (QED) is 0.447. The van der Waals surface area contributed by atoms with Crippen LogP contribution in [0.5, 0.6) is 0 Å². The summed E-state index contributed by atoms with van der Waals surface area (Å²) in [7, 11) is -2.53. The van der Waals surface area contributed by atoms with Crippen molar-refractivity contribution in [3.05, 3.63) is 127 Å². The van der Waals surface area contributed by atoms with Gasteiger partial charge in [0.25, 0.3) is 0 Å². The van der Waals surface area contributed by atoms with E-state index in [1.807, 2.05) is 84.9 Å². The van der Waals surface area contributed by atoms with Crippen LogP contribution in [0, 0.1) is 0 Å². The summed E-state index contributed by atoms with van der Waals surface area (Å²) < 4.78 is 16.6. The fourth-order valence-electron chi connectivity index (χ4n) is 3.66. The molecule has 0 radical (unpaired) electrons. The van der Waals surface area contributed by atoms with E-state index < -0.39 is 13.2 Å². The van der Waals surface area contributed by atoms with E-state index in [9.17, 15) is 0 Å². The lowest BCUT2D eigenvalue weighted by molar-refractivity contribution is -0.00000569. The van der Waals surface area contributed by atoms with Crippen molar-refractivity contribution in [3.8, 4) is 0 Å². The minimum atomic E-state index is -2.53. The van der Waals surface area contributed by atoms with Gasteiger partial charge in [0.15, 0.2) is 7.26 Å². The molecule has 0 heterocycles. The summed E-state index contributed by atoms with van der Waals surface area (Å²) in [4.78, 5) is 0. The molecular weight excluding hydrogens is 386 g/mol. The molecule has 0 aliphatic heterocycles. The molecule has 0 amide bonds. The Morgan fingerprint density at radius 1 is 0.464 bits per heavy atom. The molecule has 0 aromatic heterocycles. The van der Waals surface area contributed by atoms with Crippen LogP contribution in [-0.2, 0) is 0 Å². The van der Waals surface area contributed by atoms with E-state index in [0.29, 0.717) is 0 Å². The summed E-state index contributed by atoms with van der Waals surface area (Å²) in [5, 5.41) is 3.16. The fraction of sp³-hybridized carbons (Fsp3) is 0.0400. The van der Waals surface area contributed by atoms with Crippen LogP contribution in [0.15, 0.2) is 121 Å². The molecule has 0 bridgehead atoms. The third kappa shape index (κ3) is 3.61. The topological polar surface area (TPSA) is 0 Å². The number of alkyl halides is 1. The van der Waals surface area contributed by atoms with Crippen LogP contribution >= 0.6 is 7.26 Å². The van der Waals surface area contributed by atoms with E-state index in [2.05, 4.69) is 36.4 Å². The Morgan fingerprint density at radius 3 is 1.07 bits per heavy atom. The number of rotatable bonds is 5. The molecule has 140 valence electrons. The van der Waals surface area contributed by atoms with Gasteiger partial charge >= 0.3 is 0 Å². The van der Waals surface area contributed by atoms with E-state index in [-0.39, 0.29) is 12.4 Å². The molecule has 0 N–H and O–H groups in total. The molecule has 4 aromatic carbocycles. The molecule has 0 nitrogen and oxygen atoms in total. The van der Waals surface area contributed by atoms with Gasteiger partial charge in [-0.25, -0.2) is 0 Å². The zero-order chi connectivity index (χ0) is 18.5. The van der Waals surface area contributed by atoms with Crippen molar-refractivity contribution in [1.29, 1.82) is 0 Å². The Balaban J connectivity index is 0.00000225. The summed E-state index contributed by atoms with van der Waals surface area (Å²) in [6, 6.07) is 40.0. The highest BCUT2D eigenvalue weighted by Gasteiger charge is 2.53. The van der Waals surface area contributed by atoms with Gasteiger partial charge < -0.3 is 12.4 Å². The molecule has 1 unspecified atom stereocenters. The lowest BCUT2D eigenvalue weighted by Gasteiger charge is -2.30. The Kier molecular flexibility index (Phi) is 6.62. The number of hydrogen-bond acceptors (Lipinski definition) is 0. The second-order valence-corrected chi connectivity index (χ2v) is 9.92. The first-order chi connectivity index (χ1) is 13.3. The third-order valence-corrected chi connectivity index (χ3v) is 9.22. The largest absolute Gasteiger partial charge is 1.00 e. The molecule has 0 saturated heterocycles. The van der Waals surface area contributed by atoms with Crippen molar-refractivity contribution in [2.75, 3.05) is 0 Å². The SMILES string of the molecule is FC(c1ccccc1)[P+](c1ccccc1)(c1ccccc1)c1ccccc1.[Cl-]. The predicted molar refractivity (Wildman–Crippen MR) is 115 cm³/mol. The van der Waals surface area contributed by atoms with Gasteiger partial charge in [-0.2, -0.15) is 4.39 Å². The van der Waals surface area contributed by atoms with E-state index in [1.54, 1.807) is 0 Å². The summed E-state index contributed by atoms with van der Waals surface area (Å²) in [5.41, 5.74) is 0.724. The molecule has 0 aliphatic rings. The first-order valence-corrected chi connectivity index (χ1v) is 10.9. The normalized spacial score (nSPS) is 12.0. The molecule has 1 atom stereocenters. The number of hydrogen-bond donors (Lipinski definition) is 0. The molecular formula is C25H21ClFP. The average Bonchev–Trinajstić information content (AvgIpc) is 2.77. The molecule has 0 aliphatic carbocycles. The van der Waals surface area contributed by atoms with Gasteiger partial charge in [-0.05, 0) is 36.4 Å². The van der Waals surface area contributed by atoms with Crippen molar-refractivity contribution in [3.63, 3.8) is 0 Å². The molecule has 0 saturated carbocycles. The fourth-order valence-corrected chi connectivity index (χ4v) is 7.89. The van der Waals surface area contributed by atoms with Crippen LogP contribution in [0.3, 0.4) is 0 Å². The van der Waals surface area contributed by atoms with Crippen LogP contribution in [-0.4, -0.2) is 0 Å². The summed E-state index contributed by atoms with van der Waals surface area (Å²) in [6.45, 7) is 0. The second kappa shape index (κ2) is 9.15. The maximum absolute atomic E-state index is 16.6. The van der Waals surface area contributed by atoms with Crippen molar-refractivity contribution >= 4 is 23.2 Å². The van der Waals surface area contributed by atoms with Crippen molar-refractivity contribution in [2.45, 2.75) is 5.91 Å². The van der Waals surface area contributed by atoms with E-state index in [0.717, 1.165) is 21.5 Å². The van der Waals surface area contributed by atoms with Crippen LogP contribution < -0.4 is 28.3 Å². The maximum Gasteiger partial charge on any atom is 0.244 e. The van der Waals surface area contributed by atoms with E-state index >= 15 is 4.39 Å². The Morgan fingerprint density at radius 2 is 0.750 bits per heavy atom. The van der Waals surface area contributed by atoms with Gasteiger partial charge in [0.05, 0.1) is 0 Å². The van der Waals surface area contributed by atoms with Crippen molar-refractivity contribution < 1.29 is 16.8 Å². The Hall–Kier alpha value is -2.47. The van der Waals surface area contributed by atoms with Gasteiger partial charge in [0, 0.05) is 5.56 Å². The first-order valence-electron chi connectivity index (χ1n) is 9.08. The van der Waals surface area contributed by atoms with Crippen LogP contribution in [0.25, 0.3) is 0 Å². The van der Waals surface area contributed by atoms with Crippen molar-refractivity contribution in [1.82, 2.24) is 0 Å². The summed E-state index contributed by atoms with van der Waals surface area (Å²) in [6.07, 6.45) is 0. The summed E-state index contributed by atoms with van der Waals surface area (Å²) in [5.74, 6) is -1.12. The highest BCUT2D eigenvalue weighted by molar-refractivity contribution is 7.95. The third-order valence-electron chi connectivity index (χ3n) is 4.91. The van der Waals surface area contributed by atoms with Gasteiger partial charge in [-0.1, -0.05) is 84.9 Å². The lowest BCUT2D eigenvalue weighted by Crippen LogP contribution is -3.00. The number of halogens is 2. The highest BCUT2D eigenvalue weighted by Crippen LogP contribution is 2.67. The first kappa shape index (κ1) is 20.3. The van der Waals surface area contributed by atoms with Gasteiger partial charge in [-0.3, -0.25) is 0 Å². The van der Waals surface area contributed by atoms with Crippen LogP contribution in [0.2, 0.25) is 0 Å². The van der Waals surface area contributed by atoms with Crippen LogP contribution in [0.4, 0.5) is 4.39 Å². The van der Waals surface area contributed by atoms with Gasteiger partial charge in [-0.15, -0.1) is 0 Å². The average molecular weight is 407 g/mol. The Bertz CT molecular complexity index is 879. The minimum absolute atomic E-state index is 0. The second-order valence-electron chi connectivity index (χ2n) is 6.48.